The van der Waals surface area contributed by atoms with Crippen LogP contribution in [0.2, 0.25) is 0 Å². The molecule has 5 nitrogen and oxygen atoms in total. The van der Waals surface area contributed by atoms with E-state index in [-0.39, 0.29) is 13.0 Å². The van der Waals surface area contributed by atoms with Crippen LogP contribution in [-0.4, -0.2) is 29.7 Å². The lowest BCUT2D eigenvalue weighted by atomic mass is 10.0. The Labute approximate surface area is 63.1 Å². The number of hydrogen-bond acceptors (Lipinski definition) is 4. The minimum Gasteiger partial charge on any atom is -0.481 e. The van der Waals surface area contributed by atoms with Crippen LogP contribution in [0.3, 0.4) is 0 Å². The van der Waals surface area contributed by atoms with Crippen molar-refractivity contribution in [3.05, 3.63) is 0 Å². The van der Waals surface area contributed by atoms with E-state index in [2.05, 4.69) is 4.74 Å². The number of rotatable bonds is 2. The van der Waals surface area contributed by atoms with Gasteiger partial charge in [-0.15, -0.1) is 0 Å². The molecular formula is C6H9NO4. The number of carbonyl (C=O) groups is 2. The third-order valence-corrected chi connectivity index (χ3v) is 1.67. The molecule has 0 aromatic rings. The summed E-state index contributed by atoms with van der Waals surface area (Å²) < 4.78 is 4.64. The fraction of sp³-hybridized carbons (Fsp3) is 0.667. The van der Waals surface area contributed by atoms with Crippen molar-refractivity contribution in [3.63, 3.8) is 0 Å². The molecule has 0 aromatic heterocycles. The van der Waals surface area contributed by atoms with Crippen LogP contribution in [0.25, 0.3) is 0 Å². The van der Waals surface area contributed by atoms with E-state index in [9.17, 15) is 9.59 Å². The lowest BCUT2D eigenvalue weighted by molar-refractivity contribution is -0.144. The molecule has 3 N–H and O–H groups in total. The Morgan fingerprint density at radius 3 is 2.82 bits per heavy atom. The molecule has 0 spiro atoms. The second kappa shape index (κ2) is 2.87. The molecule has 11 heavy (non-hydrogen) atoms. The fourth-order valence-corrected chi connectivity index (χ4v) is 1.07. The summed E-state index contributed by atoms with van der Waals surface area (Å²) in [7, 11) is 0. The summed E-state index contributed by atoms with van der Waals surface area (Å²) in [6.45, 7) is 0.0721. The predicted octanol–water partition coefficient (Wildman–Crippen LogP) is -1.04. The van der Waals surface area contributed by atoms with Crippen LogP contribution in [0.4, 0.5) is 0 Å². The lowest BCUT2D eigenvalue weighted by Gasteiger charge is -2.09. The first-order valence-corrected chi connectivity index (χ1v) is 3.27. The number of aliphatic carboxylic acids is 1. The Hall–Kier alpha value is -1.10. The molecular weight excluding hydrogens is 150 g/mol. The number of carbonyl (C=O) groups excluding carboxylic acids is 1. The molecule has 1 heterocycles. The van der Waals surface area contributed by atoms with Gasteiger partial charge in [0.1, 0.15) is 12.0 Å². The zero-order valence-corrected chi connectivity index (χ0v) is 5.82. The molecule has 1 aliphatic rings. The summed E-state index contributed by atoms with van der Waals surface area (Å²) in [6, 6.07) is 0. The van der Waals surface area contributed by atoms with Crippen molar-refractivity contribution in [2.75, 3.05) is 6.54 Å². The molecule has 1 aliphatic heterocycles. The van der Waals surface area contributed by atoms with Gasteiger partial charge in [-0.3, -0.25) is 9.59 Å². The average Bonchev–Trinajstić information content (AvgIpc) is 2.30. The Morgan fingerprint density at radius 1 is 1.82 bits per heavy atom. The SMILES string of the molecule is NCC1OC(=O)CC1C(=O)O. The molecule has 0 aliphatic carbocycles. The predicted molar refractivity (Wildman–Crippen MR) is 34.7 cm³/mol. The highest BCUT2D eigenvalue weighted by Crippen LogP contribution is 2.21. The number of esters is 1. The van der Waals surface area contributed by atoms with Gasteiger partial charge in [-0.25, -0.2) is 0 Å². The van der Waals surface area contributed by atoms with E-state index in [0.29, 0.717) is 0 Å². The summed E-state index contributed by atoms with van der Waals surface area (Å²) in [4.78, 5) is 21.0. The Balaban J connectivity index is 2.64. The van der Waals surface area contributed by atoms with Gasteiger partial charge in [0.25, 0.3) is 0 Å². The number of hydrogen-bond donors (Lipinski definition) is 2. The molecule has 0 bridgehead atoms. The van der Waals surface area contributed by atoms with Gasteiger partial charge in [0, 0.05) is 6.54 Å². The van der Waals surface area contributed by atoms with Gasteiger partial charge in [-0.2, -0.15) is 0 Å². The number of ether oxygens (including phenoxy) is 1. The average molecular weight is 159 g/mol. The van der Waals surface area contributed by atoms with Crippen molar-refractivity contribution in [2.24, 2.45) is 11.7 Å². The summed E-state index contributed by atoms with van der Waals surface area (Å²) in [6.07, 6.45) is -0.697. The van der Waals surface area contributed by atoms with Gasteiger partial charge in [-0.05, 0) is 0 Å². The maximum atomic E-state index is 10.6. The highest BCUT2D eigenvalue weighted by molar-refractivity contribution is 5.82. The van der Waals surface area contributed by atoms with Gasteiger partial charge in [0.15, 0.2) is 0 Å². The van der Waals surface area contributed by atoms with Crippen molar-refractivity contribution in [2.45, 2.75) is 12.5 Å². The van der Waals surface area contributed by atoms with Crippen LogP contribution in [0.15, 0.2) is 0 Å². The van der Waals surface area contributed by atoms with Crippen LogP contribution in [0, 0.1) is 5.92 Å². The zero-order valence-electron chi connectivity index (χ0n) is 5.82. The first-order chi connectivity index (χ1) is 5.15. The van der Waals surface area contributed by atoms with Crippen LogP contribution < -0.4 is 5.73 Å². The number of cyclic esters (lactones) is 1. The summed E-state index contributed by atoms with van der Waals surface area (Å²) >= 11 is 0. The monoisotopic (exact) mass is 159 g/mol. The van der Waals surface area contributed by atoms with E-state index in [1.165, 1.54) is 0 Å². The van der Waals surface area contributed by atoms with Gasteiger partial charge in [0.2, 0.25) is 0 Å². The van der Waals surface area contributed by atoms with Crippen molar-refractivity contribution in [1.82, 2.24) is 0 Å². The Bertz CT molecular complexity index is 191. The normalized spacial score (nSPS) is 30.1. The molecule has 2 atom stereocenters. The van der Waals surface area contributed by atoms with E-state index in [0.717, 1.165) is 0 Å². The largest absolute Gasteiger partial charge is 0.481 e. The van der Waals surface area contributed by atoms with E-state index >= 15 is 0 Å². The highest BCUT2D eigenvalue weighted by Gasteiger charge is 2.38. The van der Waals surface area contributed by atoms with E-state index in [1.807, 2.05) is 0 Å². The van der Waals surface area contributed by atoms with Crippen molar-refractivity contribution in [3.8, 4) is 0 Å². The minimum absolute atomic E-state index is 0.0583. The van der Waals surface area contributed by atoms with Gasteiger partial charge in [0.05, 0.1) is 6.42 Å². The molecule has 1 fully saturated rings. The standard InChI is InChI=1S/C6H9NO4/c7-2-4-3(6(9)10)1-5(8)11-4/h3-4H,1-2,7H2,(H,9,10). The van der Waals surface area contributed by atoms with Crippen LogP contribution in [0.1, 0.15) is 6.42 Å². The highest BCUT2D eigenvalue weighted by atomic mass is 16.6. The molecule has 0 aromatic carbocycles. The maximum Gasteiger partial charge on any atom is 0.310 e. The van der Waals surface area contributed by atoms with Gasteiger partial charge < -0.3 is 15.6 Å². The van der Waals surface area contributed by atoms with Crippen molar-refractivity contribution in [1.29, 1.82) is 0 Å². The molecule has 62 valence electrons. The number of carboxylic acid groups (broad SMARTS) is 1. The quantitative estimate of drug-likeness (QED) is 0.502. The third kappa shape index (κ3) is 1.48. The molecule has 0 radical (unpaired) electrons. The molecule has 2 unspecified atom stereocenters. The van der Waals surface area contributed by atoms with Gasteiger partial charge >= 0.3 is 11.9 Å². The summed E-state index contributed by atoms with van der Waals surface area (Å²) in [5.41, 5.74) is 5.18. The van der Waals surface area contributed by atoms with E-state index < -0.39 is 24.0 Å². The molecule has 0 saturated carbocycles. The minimum atomic E-state index is -1.02. The smallest absolute Gasteiger partial charge is 0.310 e. The van der Waals surface area contributed by atoms with Gasteiger partial charge in [-0.1, -0.05) is 0 Å². The summed E-state index contributed by atoms with van der Waals surface area (Å²) in [5, 5.41) is 8.54. The van der Waals surface area contributed by atoms with E-state index in [1.54, 1.807) is 0 Å². The third-order valence-electron chi connectivity index (χ3n) is 1.67. The molecule has 1 saturated heterocycles. The molecule has 1 rings (SSSR count). The number of carboxylic acids is 1. The van der Waals surface area contributed by atoms with Crippen molar-refractivity contribution < 1.29 is 19.4 Å². The lowest BCUT2D eigenvalue weighted by Crippen LogP contribution is -2.30. The molecule has 0 amide bonds. The fourth-order valence-electron chi connectivity index (χ4n) is 1.07. The first-order valence-electron chi connectivity index (χ1n) is 3.27. The Morgan fingerprint density at radius 2 is 2.45 bits per heavy atom. The molecule has 5 heteroatoms. The summed E-state index contributed by atoms with van der Waals surface area (Å²) in [5.74, 6) is -2.26. The first kappa shape index (κ1) is 8.00. The van der Waals surface area contributed by atoms with Crippen molar-refractivity contribution >= 4 is 11.9 Å². The van der Waals surface area contributed by atoms with Crippen LogP contribution >= 0.6 is 0 Å². The van der Waals surface area contributed by atoms with E-state index in [4.69, 9.17) is 10.8 Å². The second-order valence-corrected chi connectivity index (χ2v) is 2.41. The van der Waals surface area contributed by atoms with Crippen LogP contribution in [0.5, 0.6) is 0 Å². The van der Waals surface area contributed by atoms with Crippen LogP contribution in [-0.2, 0) is 14.3 Å². The maximum absolute atomic E-state index is 10.6. The number of nitrogens with two attached hydrogens (primary N) is 1. The second-order valence-electron chi connectivity index (χ2n) is 2.41. The zero-order chi connectivity index (χ0) is 8.43. The Kier molecular flexibility index (Phi) is 2.09. The topological polar surface area (TPSA) is 89.6 Å².